The van der Waals surface area contributed by atoms with Crippen molar-refractivity contribution in [2.24, 2.45) is 5.92 Å². The van der Waals surface area contributed by atoms with Gasteiger partial charge in [0.25, 0.3) is 0 Å². The van der Waals surface area contributed by atoms with Gasteiger partial charge < -0.3 is 5.73 Å². The number of nitrogens with two attached hydrogens (primary N) is 1. The molecule has 19 heavy (non-hydrogen) atoms. The van der Waals surface area contributed by atoms with E-state index in [0.717, 1.165) is 31.4 Å². The topological polar surface area (TPSA) is 72.2 Å². The van der Waals surface area contributed by atoms with E-state index in [0.29, 0.717) is 12.5 Å². The summed E-state index contributed by atoms with van der Waals surface area (Å²) in [5, 5.41) is 0. The van der Waals surface area contributed by atoms with Crippen LogP contribution in [0.3, 0.4) is 0 Å². The lowest BCUT2D eigenvalue weighted by Gasteiger charge is -2.08. The van der Waals surface area contributed by atoms with Crippen molar-refractivity contribution in [2.45, 2.75) is 38.0 Å². The summed E-state index contributed by atoms with van der Waals surface area (Å²) in [4.78, 5) is -0.00439. The highest BCUT2D eigenvalue weighted by molar-refractivity contribution is 7.89. The fraction of sp³-hybridized carbons (Fsp3) is 0.538. The highest BCUT2D eigenvalue weighted by atomic mass is 32.2. The third-order valence-electron chi connectivity index (χ3n) is 2.78. The van der Waals surface area contributed by atoms with Crippen LogP contribution in [0.1, 0.15) is 33.1 Å². The van der Waals surface area contributed by atoms with Gasteiger partial charge in [0, 0.05) is 6.54 Å². The normalized spacial score (nSPS) is 12.0. The van der Waals surface area contributed by atoms with E-state index in [9.17, 15) is 12.8 Å². The summed E-state index contributed by atoms with van der Waals surface area (Å²) in [6.07, 6.45) is 2.84. The lowest BCUT2D eigenvalue weighted by Crippen LogP contribution is -2.25. The molecule has 0 amide bonds. The molecule has 1 rings (SSSR count). The number of hydrogen-bond donors (Lipinski definition) is 2. The molecule has 0 spiro atoms. The average Bonchev–Trinajstić information content (AvgIpc) is 2.31. The lowest BCUT2D eigenvalue weighted by molar-refractivity contribution is 0.530. The first kappa shape index (κ1) is 15.9. The molecule has 0 bridgehead atoms. The maximum atomic E-state index is 13.0. The first-order valence-electron chi connectivity index (χ1n) is 6.37. The van der Waals surface area contributed by atoms with E-state index in [1.807, 2.05) is 0 Å². The minimum atomic E-state index is -3.60. The minimum Gasteiger partial charge on any atom is -0.396 e. The number of unbranched alkanes of at least 4 members (excludes halogenated alkanes) is 1. The summed E-state index contributed by atoms with van der Waals surface area (Å²) in [5.74, 6) is 0.00406. The van der Waals surface area contributed by atoms with Crippen LogP contribution in [0.4, 0.5) is 10.1 Å². The Kier molecular flexibility index (Phi) is 5.75. The second kappa shape index (κ2) is 6.86. The molecular formula is C13H21FN2O2S. The zero-order valence-electron chi connectivity index (χ0n) is 11.3. The molecular weight excluding hydrogens is 267 g/mol. The van der Waals surface area contributed by atoms with Crippen LogP contribution < -0.4 is 10.5 Å². The number of hydrogen-bond acceptors (Lipinski definition) is 3. The summed E-state index contributed by atoms with van der Waals surface area (Å²) in [6.45, 7) is 4.64. The van der Waals surface area contributed by atoms with Crippen molar-refractivity contribution >= 4 is 15.7 Å². The molecule has 0 saturated carbocycles. The van der Waals surface area contributed by atoms with Crippen molar-refractivity contribution in [2.75, 3.05) is 12.3 Å². The van der Waals surface area contributed by atoms with Gasteiger partial charge in [0.05, 0.1) is 10.6 Å². The van der Waals surface area contributed by atoms with Crippen LogP contribution in [0.25, 0.3) is 0 Å². The quantitative estimate of drug-likeness (QED) is 0.598. The molecule has 1 aromatic carbocycles. The van der Waals surface area contributed by atoms with Gasteiger partial charge in [0.15, 0.2) is 0 Å². The fourth-order valence-corrected chi connectivity index (χ4v) is 2.77. The molecule has 0 saturated heterocycles. The van der Waals surface area contributed by atoms with Crippen LogP contribution in [0.15, 0.2) is 23.1 Å². The maximum Gasteiger partial charge on any atom is 0.240 e. The van der Waals surface area contributed by atoms with Crippen LogP contribution in [0.2, 0.25) is 0 Å². The summed E-state index contributed by atoms with van der Waals surface area (Å²) in [5.41, 5.74) is 5.20. The Morgan fingerprint density at radius 3 is 2.58 bits per heavy atom. The summed E-state index contributed by atoms with van der Waals surface area (Å²) in [6, 6.07) is 3.40. The predicted octanol–water partition coefficient (Wildman–Crippen LogP) is 2.51. The van der Waals surface area contributed by atoms with Crippen molar-refractivity contribution in [3.05, 3.63) is 24.0 Å². The molecule has 0 atom stereocenters. The zero-order valence-corrected chi connectivity index (χ0v) is 12.1. The number of halogens is 1. The number of sulfonamides is 1. The van der Waals surface area contributed by atoms with Gasteiger partial charge in [-0.05, 0) is 30.5 Å². The van der Waals surface area contributed by atoms with E-state index in [-0.39, 0.29) is 10.6 Å². The van der Waals surface area contributed by atoms with Gasteiger partial charge in [-0.25, -0.2) is 17.5 Å². The number of rotatable bonds is 7. The minimum absolute atomic E-state index is 0.00439. The third kappa shape index (κ3) is 5.16. The number of nitrogen functional groups attached to an aromatic ring is 1. The van der Waals surface area contributed by atoms with Gasteiger partial charge in [-0.1, -0.05) is 26.7 Å². The smallest absolute Gasteiger partial charge is 0.240 e. The Labute approximate surface area is 114 Å². The van der Waals surface area contributed by atoms with E-state index >= 15 is 0 Å². The molecule has 0 fully saturated rings. The molecule has 0 aliphatic heterocycles. The molecule has 0 heterocycles. The first-order valence-corrected chi connectivity index (χ1v) is 7.86. The fourth-order valence-electron chi connectivity index (χ4n) is 1.66. The molecule has 1 aromatic rings. The summed E-state index contributed by atoms with van der Waals surface area (Å²) in [7, 11) is -3.60. The van der Waals surface area contributed by atoms with E-state index in [4.69, 9.17) is 5.73 Å². The van der Waals surface area contributed by atoms with Gasteiger partial charge in [0.2, 0.25) is 10.0 Å². The van der Waals surface area contributed by atoms with E-state index in [2.05, 4.69) is 18.6 Å². The summed E-state index contributed by atoms with van der Waals surface area (Å²) >= 11 is 0. The van der Waals surface area contributed by atoms with E-state index in [1.54, 1.807) is 0 Å². The van der Waals surface area contributed by atoms with Crippen LogP contribution in [0.5, 0.6) is 0 Å². The standard InChI is InChI=1S/C13H21FN2O2S/c1-10(2)5-3-4-8-16-19(17,18)11-6-7-12(14)13(15)9-11/h6-7,9-10,16H,3-5,8,15H2,1-2H3. The van der Waals surface area contributed by atoms with Crippen molar-refractivity contribution in [3.63, 3.8) is 0 Å². The SMILES string of the molecule is CC(C)CCCCNS(=O)(=O)c1ccc(F)c(N)c1. The van der Waals surface area contributed by atoms with Crippen LogP contribution in [-0.2, 0) is 10.0 Å². The Hall–Kier alpha value is -1.14. The number of nitrogens with one attached hydrogen (secondary N) is 1. The van der Waals surface area contributed by atoms with Crippen LogP contribution >= 0.6 is 0 Å². The molecule has 0 aliphatic rings. The molecule has 0 aliphatic carbocycles. The molecule has 0 radical (unpaired) electrons. The van der Waals surface area contributed by atoms with Crippen LogP contribution in [-0.4, -0.2) is 15.0 Å². The van der Waals surface area contributed by atoms with Gasteiger partial charge >= 0.3 is 0 Å². The van der Waals surface area contributed by atoms with E-state index in [1.165, 1.54) is 6.07 Å². The van der Waals surface area contributed by atoms with Gasteiger partial charge in [-0.15, -0.1) is 0 Å². The van der Waals surface area contributed by atoms with Crippen molar-refractivity contribution in [1.29, 1.82) is 0 Å². The maximum absolute atomic E-state index is 13.0. The van der Waals surface area contributed by atoms with Gasteiger partial charge in [-0.2, -0.15) is 0 Å². The Morgan fingerprint density at radius 1 is 1.32 bits per heavy atom. The molecule has 3 N–H and O–H groups in total. The Bertz CT molecular complexity index is 515. The van der Waals surface area contributed by atoms with Crippen LogP contribution in [0, 0.1) is 11.7 Å². The second-order valence-electron chi connectivity index (χ2n) is 4.97. The highest BCUT2D eigenvalue weighted by Crippen LogP contribution is 2.16. The largest absolute Gasteiger partial charge is 0.396 e. The van der Waals surface area contributed by atoms with Gasteiger partial charge in [0.1, 0.15) is 5.82 Å². The van der Waals surface area contributed by atoms with E-state index < -0.39 is 15.8 Å². The van der Waals surface area contributed by atoms with Crippen molar-refractivity contribution in [1.82, 2.24) is 4.72 Å². The number of anilines is 1. The average molecular weight is 288 g/mol. The Balaban J connectivity index is 2.54. The molecule has 108 valence electrons. The molecule has 0 unspecified atom stereocenters. The molecule has 0 aromatic heterocycles. The number of benzene rings is 1. The first-order chi connectivity index (χ1) is 8.83. The van der Waals surface area contributed by atoms with Crippen molar-refractivity contribution in [3.8, 4) is 0 Å². The van der Waals surface area contributed by atoms with Crippen molar-refractivity contribution < 1.29 is 12.8 Å². The third-order valence-corrected chi connectivity index (χ3v) is 4.24. The summed E-state index contributed by atoms with van der Waals surface area (Å²) < 4.78 is 39.3. The monoisotopic (exact) mass is 288 g/mol. The Morgan fingerprint density at radius 2 is 2.00 bits per heavy atom. The molecule has 6 heteroatoms. The zero-order chi connectivity index (χ0) is 14.5. The lowest BCUT2D eigenvalue weighted by atomic mass is 10.1. The molecule has 4 nitrogen and oxygen atoms in total. The second-order valence-corrected chi connectivity index (χ2v) is 6.74. The highest BCUT2D eigenvalue weighted by Gasteiger charge is 2.14. The predicted molar refractivity (Wildman–Crippen MR) is 74.7 cm³/mol. The van der Waals surface area contributed by atoms with Gasteiger partial charge in [-0.3, -0.25) is 0 Å².